The third kappa shape index (κ3) is 2.98. The summed E-state index contributed by atoms with van der Waals surface area (Å²) >= 11 is 5.97. The molecule has 3 N–H and O–H groups in total. The van der Waals surface area contributed by atoms with Crippen LogP contribution >= 0.6 is 11.6 Å². The number of phenols is 1. The van der Waals surface area contributed by atoms with Crippen molar-refractivity contribution in [3.63, 3.8) is 0 Å². The van der Waals surface area contributed by atoms with E-state index in [0.717, 1.165) is 16.8 Å². The van der Waals surface area contributed by atoms with Crippen molar-refractivity contribution in [2.24, 2.45) is 0 Å². The first-order valence-corrected chi connectivity index (χ1v) is 7.65. The first-order valence-electron chi connectivity index (χ1n) is 7.27. The van der Waals surface area contributed by atoms with E-state index in [1.807, 2.05) is 19.1 Å². The SMILES string of the molecule is COc1ccc(-c2nc(N)nc(C)c2-c2ccc(Cl)cc2)c(O)c1.[HH]. The maximum atomic E-state index is 10.4. The van der Waals surface area contributed by atoms with Crippen LogP contribution in [0.5, 0.6) is 11.5 Å². The quantitative estimate of drug-likeness (QED) is 0.740. The van der Waals surface area contributed by atoms with Gasteiger partial charge in [-0.3, -0.25) is 0 Å². The third-order valence-corrected chi connectivity index (χ3v) is 3.95. The average Bonchev–Trinajstić information content (AvgIpc) is 2.55. The Hall–Kier alpha value is -2.79. The molecule has 6 heteroatoms. The normalized spacial score (nSPS) is 10.6. The lowest BCUT2D eigenvalue weighted by Crippen LogP contribution is -2.02. The predicted octanol–water partition coefficient (Wildman–Crippen LogP) is 4.31. The molecule has 0 bridgehead atoms. The molecule has 0 aliphatic heterocycles. The maximum absolute atomic E-state index is 10.4. The molecule has 3 rings (SSSR count). The van der Waals surface area contributed by atoms with Crippen LogP contribution in [0.25, 0.3) is 22.4 Å². The molecule has 0 saturated carbocycles. The van der Waals surface area contributed by atoms with Gasteiger partial charge in [0.15, 0.2) is 0 Å². The number of aryl methyl sites for hydroxylation is 1. The number of ether oxygens (including phenoxy) is 1. The number of nitrogens with two attached hydrogens (primary N) is 1. The van der Waals surface area contributed by atoms with E-state index in [4.69, 9.17) is 22.1 Å². The molecule has 1 aromatic heterocycles. The van der Waals surface area contributed by atoms with Crippen LogP contribution in [0.3, 0.4) is 0 Å². The van der Waals surface area contributed by atoms with E-state index in [1.165, 1.54) is 6.07 Å². The van der Waals surface area contributed by atoms with Crippen molar-refractivity contribution < 1.29 is 11.3 Å². The number of hydrogen-bond acceptors (Lipinski definition) is 5. The summed E-state index contributed by atoms with van der Waals surface area (Å²) in [7, 11) is 1.54. The molecule has 0 radical (unpaired) electrons. The number of benzene rings is 2. The molecule has 0 amide bonds. The summed E-state index contributed by atoms with van der Waals surface area (Å²) in [6.07, 6.45) is 0. The Morgan fingerprint density at radius 2 is 1.83 bits per heavy atom. The van der Waals surface area contributed by atoms with Gasteiger partial charge < -0.3 is 15.6 Å². The molecule has 0 spiro atoms. The van der Waals surface area contributed by atoms with Gasteiger partial charge in [0.2, 0.25) is 5.95 Å². The Morgan fingerprint density at radius 3 is 2.46 bits per heavy atom. The molecule has 0 aliphatic carbocycles. The number of aromatic hydroxyl groups is 1. The molecule has 24 heavy (non-hydrogen) atoms. The standard InChI is InChI=1S/C18H16ClN3O2.H2/c1-10-16(11-3-5-12(19)6-4-11)17(22-18(20)21-10)14-8-7-13(24-2)9-15(14)23;/h3-9,23H,1-2H3,(H2,20,21,22);1H. The summed E-state index contributed by atoms with van der Waals surface area (Å²) < 4.78 is 5.13. The number of methoxy groups -OCH3 is 1. The minimum atomic E-state index is 0. The average molecular weight is 344 g/mol. The highest BCUT2D eigenvalue weighted by atomic mass is 35.5. The summed E-state index contributed by atoms with van der Waals surface area (Å²) in [6.45, 7) is 1.85. The Bertz CT molecular complexity index is 902. The van der Waals surface area contributed by atoms with Crippen molar-refractivity contribution in [3.05, 3.63) is 53.2 Å². The lowest BCUT2D eigenvalue weighted by Gasteiger charge is -2.14. The van der Waals surface area contributed by atoms with Gasteiger partial charge in [0.1, 0.15) is 11.5 Å². The number of halogens is 1. The van der Waals surface area contributed by atoms with Crippen molar-refractivity contribution in [1.82, 2.24) is 9.97 Å². The summed E-state index contributed by atoms with van der Waals surface area (Å²) in [6, 6.07) is 12.4. The molecule has 0 atom stereocenters. The zero-order chi connectivity index (χ0) is 17.3. The van der Waals surface area contributed by atoms with Crippen molar-refractivity contribution in [2.75, 3.05) is 12.8 Å². The van der Waals surface area contributed by atoms with Crippen molar-refractivity contribution in [2.45, 2.75) is 6.92 Å². The molecule has 3 aromatic rings. The van der Waals surface area contributed by atoms with E-state index in [9.17, 15) is 5.11 Å². The van der Waals surface area contributed by atoms with Gasteiger partial charge in [0, 0.05) is 23.6 Å². The van der Waals surface area contributed by atoms with E-state index in [1.54, 1.807) is 31.4 Å². The van der Waals surface area contributed by atoms with Crippen molar-refractivity contribution in [3.8, 4) is 33.9 Å². The van der Waals surface area contributed by atoms with Crippen LogP contribution < -0.4 is 10.5 Å². The largest absolute Gasteiger partial charge is 0.507 e. The molecule has 2 aromatic carbocycles. The highest BCUT2D eigenvalue weighted by Gasteiger charge is 2.17. The van der Waals surface area contributed by atoms with E-state index >= 15 is 0 Å². The number of rotatable bonds is 3. The van der Waals surface area contributed by atoms with E-state index in [0.29, 0.717) is 22.0 Å². The van der Waals surface area contributed by atoms with Crippen LogP contribution in [0.2, 0.25) is 5.02 Å². The van der Waals surface area contributed by atoms with Gasteiger partial charge in [-0.2, -0.15) is 0 Å². The second-order valence-electron chi connectivity index (χ2n) is 5.28. The number of nitrogens with zero attached hydrogens (tertiary/aromatic N) is 2. The first kappa shape index (κ1) is 16.1. The molecule has 1 heterocycles. The second kappa shape index (κ2) is 6.37. The molecular weight excluding hydrogens is 326 g/mol. The molecule has 124 valence electrons. The lowest BCUT2D eigenvalue weighted by molar-refractivity contribution is 0.408. The summed E-state index contributed by atoms with van der Waals surface area (Å²) in [5.74, 6) is 0.764. The topological polar surface area (TPSA) is 81.3 Å². The number of hydrogen-bond donors (Lipinski definition) is 2. The summed E-state index contributed by atoms with van der Waals surface area (Å²) in [5.41, 5.74) is 9.34. The lowest BCUT2D eigenvalue weighted by atomic mass is 9.97. The fourth-order valence-electron chi connectivity index (χ4n) is 2.59. The highest BCUT2D eigenvalue weighted by Crippen LogP contribution is 2.39. The van der Waals surface area contributed by atoms with Crippen LogP contribution in [0.15, 0.2) is 42.5 Å². The fraction of sp³-hybridized carbons (Fsp3) is 0.111. The zero-order valence-corrected chi connectivity index (χ0v) is 14.0. The van der Waals surface area contributed by atoms with Crippen molar-refractivity contribution in [1.29, 1.82) is 0 Å². The van der Waals surface area contributed by atoms with Gasteiger partial charge in [0.25, 0.3) is 0 Å². The maximum Gasteiger partial charge on any atom is 0.220 e. The highest BCUT2D eigenvalue weighted by molar-refractivity contribution is 6.30. The molecular formula is C18H18ClN3O2. The molecule has 0 saturated heterocycles. The minimum absolute atomic E-state index is 0. The fourth-order valence-corrected chi connectivity index (χ4v) is 2.72. The Morgan fingerprint density at radius 1 is 1.12 bits per heavy atom. The first-order chi connectivity index (χ1) is 11.5. The number of anilines is 1. The Kier molecular flexibility index (Phi) is 4.27. The smallest absolute Gasteiger partial charge is 0.220 e. The van der Waals surface area contributed by atoms with Crippen LogP contribution in [0.1, 0.15) is 7.12 Å². The number of phenolic OH excluding ortho intramolecular Hbond substituents is 1. The zero-order valence-electron chi connectivity index (χ0n) is 13.2. The van der Waals surface area contributed by atoms with Gasteiger partial charge in [-0.15, -0.1) is 0 Å². The molecule has 0 fully saturated rings. The van der Waals surface area contributed by atoms with Crippen LogP contribution in [0, 0.1) is 6.92 Å². The van der Waals surface area contributed by atoms with Gasteiger partial charge >= 0.3 is 0 Å². The minimum Gasteiger partial charge on any atom is -0.507 e. The third-order valence-electron chi connectivity index (χ3n) is 3.70. The van der Waals surface area contributed by atoms with E-state index in [-0.39, 0.29) is 13.1 Å². The van der Waals surface area contributed by atoms with Gasteiger partial charge in [-0.1, -0.05) is 23.7 Å². The Balaban J connectivity index is 0.00000225. The summed E-state index contributed by atoms with van der Waals surface area (Å²) in [4.78, 5) is 8.60. The number of aromatic nitrogens is 2. The molecule has 0 aliphatic rings. The van der Waals surface area contributed by atoms with Gasteiger partial charge in [0.05, 0.1) is 18.5 Å². The Labute approximate surface area is 146 Å². The van der Waals surface area contributed by atoms with Gasteiger partial charge in [-0.25, -0.2) is 9.97 Å². The van der Waals surface area contributed by atoms with Crippen molar-refractivity contribution >= 4 is 17.5 Å². The van der Waals surface area contributed by atoms with Gasteiger partial charge in [-0.05, 0) is 36.8 Å². The predicted molar refractivity (Wildman–Crippen MR) is 97.4 cm³/mol. The molecule has 0 unspecified atom stereocenters. The van der Waals surface area contributed by atoms with Crippen LogP contribution in [0.4, 0.5) is 5.95 Å². The van der Waals surface area contributed by atoms with E-state index in [2.05, 4.69) is 9.97 Å². The summed E-state index contributed by atoms with van der Waals surface area (Å²) in [5, 5.41) is 11.0. The monoisotopic (exact) mass is 343 g/mol. The molecule has 5 nitrogen and oxygen atoms in total. The van der Waals surface area contributed by atoms with Crippen LogP contribution in [-0.4, -0.2) is 22.2 Å². The number of nitrogen functional groups attached to an aromatic ring is 1. The van der Waals surface area contributed by atoms with Crippen LogP contribution in [-0.2, 0) is 0 Å². The second-order valence-corrected chi connectivity index (χ2v) is 5.72. The van der Waals surface area contributed by atoms with E-state index < -0.39 is 0 Å².